The highest BCUT2D eigenvalue weighted by Gasteiger charge is 2.45. The van der Waals surface area contributed by atoms with Crippen molar-refractivity contribution in [3.05, 3.63) is 58.6 Å². The third-order valence-electron chi connectivity index (χ3n) is 5.83. The van der Waals surface area contributed by atoms with Crippen molar-refractivity contribution in [3.8, 4) is 0 Å². The number of rotatable bonds is 2. The molecular weight excluding hydrogens is 332 g/mol. The molecule has 2 aliphatic heterocycles. The number of morpholine rings is 1. The Hall–Kier alpha value is -1.55. The highest BCUT2D eigenvalue weighted by Crippen LogP contribution is 2.61. The van der Waals surface area contributed by atoms with E-state index in [1.54, 1.807) is 0 Å². The minimum Gasteiger partial charge on any atom is -0.374 e. The average Bonchev–Trinajstić information content (AvgIpc) is 3.40. The zero-order chi connectivity index (χ0) is 17.0. The van der Waals surface area contributed by atoms with Crippen molar-refractivity contribution in [2.24, 2.45) is 0 Å². The van der Waals surface area contributed by atoms with Crippen LogP contribution in [0.15, 0.2) is 42.5 Å². The third-order valence-corrected chi connectivity index (χ3v) is 6.06. The molecule has 0 bridgehead atoms. The van der Waals surface area contributed by atoms with E-state index in [-0.39, 0.29) is 6.10 Å². The van der Waals surface area contributed by atoms with E-state index in [1.165, 1.54) is 28.9 Å². The molecule has 0 radical (unpaired) electrons. The minimum absolute atomic E-state index is 0.216. The van der Waals surface area contributed by atoms with Gasteiger partial charge >= 0.3 is 0 Å². The highest BCUT2D eigenvalue weighted by molar-refractivity contribution is 6.31. The fourth-order valence-electron chi connectivity index (χ4n) is 4.50. The van der Waals surface area contributed by atoms with Crippen molar-refractivity contribution in [2.45, 2.75) is 24.4 Å². The fraction of sp³-hybridized carbons (Fsp3) is 0.429. The maximum absolute atomic E-state index is 6.38. The first-order chi connectivity index (χ1) is 12.2. The van der Waals surface area contributed by atoms with Gasteiger partial charge in [-0.2, -0.15) is 0 Å². The maximum atomic E-state index is 6.38. The molecule has 1 aliphatic carbocycles. The Morgan fingerprint density at radius 1 is 1.08 bits per heavy atom. The first kappa shape index (κ1) is 15.7. The molecule has 0 spiro atoms. The van der Waals surface area contributed by atoms with Gasteiger partial charge in [0.2, 0.25) is 0 Å². The van der Waals surface area contributed by atoms with Crippen molar-refractivity contribution in [2.75, 3.05) is 38.2 Å². The number of anilines is 2. The van der Waals surface area contributed by atoms with Crippen LogP contribution in [0.3, 0.4) is 0 Å². The van der Waals surface area contributed by atoms with E-state index in [2.05, 4.69) is 53.2 Å². The van der Waals surface area contributed by atoms with Crippen molar-refractivity contribution in [3.63, 3.8) is 0 Å². The quantitative estimate of drug-likeness (QED) is 0.795. The number of nitrogens with zero attached hydrogens (tertiary/aromatic N) is 2. The lowest BCUT2D eigenvalue weighted by molar-refractivity contribution is -0.0138. The number of ether oxygens (including phenoxy) is 1. The number of benzene rings is 2. The van der Waals surface area contributed by atoms with Gasteiger partial charge in [-0.05, 0) is 54.6 Å². The molecule has 1 saturated carbocycles. The molecule has 2 aromatic rings. The van der Waals surface area contributed by atoms with Gasteiger partial charge in [-0.15, -0.1) is 0 Å². The molecule has 0 aromatic heterocycles. The van der Waals surface area contributed by atoms with E-state index in [0.717, 1.165) is 31.3 Å². The first-order valence-electron chi connectivity index (χ1n) is 9.17. The Labute approximate surface area is 154 Å². The molecule has 3 atom stereocenters. The third kappa shape index (κ3) is 2.75. The van der Waals surface area contributed by atoms with Gasteiger partial charge in [0.15, 0.2) is 0 Å². The summed E-state index contributed by atoms with van der Waals surface area (Å²) in [5, 5.41) is 0.807. The van der Waals surface area contributed by atoms with Crippen LogP contribution in [0.2, 0.25) is 5.02 Å². The summed E-state index contributed by atoms with van der Waals surface area (Å²) in [4.78, 5) is 4.81. The van der Waals surface area contributed by atoms with E-state index in [4.69, 9.17) is 16.3 Å². The van der Waals surface area contributed by atoms with Crippen LogP contribution in [0, 0.1) is 0 Å². The summed E-state index contributed by atoms with van der Waals surface area (Å²) in [5.41, 5.74) is 5.51. The first-order valence-corrected chi connectivity index (χ1v) is 9.54. The molecule has 25 heavy (non-hydrogen) atoms. The van der Waals surface area contributed by atoms with E-state index in [9.17, 15) is 0 Å². The van der Waals surface area contributed by atoms with Gasteiger partial charge in [-0.25, -0.2) is 0 Å². The van der Waals surface area contributed by atoms with Gasteiger partial charge in [0, 0.05) is 29.5 Å². The molecule has 2 fully saturated rings. The summed E-state index contributed by atoms with van der Waals surface area (Å²) in [5.74, 6) is 1.28. The molecule has 3 nitrogen and oxygen atoms in total. The van der Waals surface area contributed by atoms with Crippen molar-refractivity contribution in [1.82, 2.24) is 4.90 Å². The second-order valence-electron chi connectivity index (χ2n) is 7.58. The normalized spacial score (nSPS) is 27.9. The Kier molecular flexibility index (Phi) is 3.77. The predicted molar refractivity (Wildman–Crippen MR) is 102 cm³/mol. The van der Waals surface area contributed by atoms with E-state index >= 15 is 0 Å². The topological polar surface area (TPSA) is 15.7 Å². The smallest absolute Gasteiger partial charge is 0.0881 e. The van der Waals surface area contributed by atoms with Gasteiger partial charge in [0.25, 0.3) is 0 Å². The van der Waals surface area contributed by atoms with Crippen LogP contribution in [-0.2, 0) is 4.74 Å². The van der Waals surface area contributed by atoms with Crippen LogP contribution >= 0.6 is 11.6 Å². The number of hydrogen-bond acceptors (Lipinski definition) is 3. The van der Waals surface area contributed by atoms with Gasteiger partial charge in [-0.3, -0.25) is 0 Å². The maximum Gasteiger partial charge on any atom is 0.0881 e. The van der Waals surface area contributed by atoms with Crippen molar-refractivity contribution in [1.29, 1.82) is 0 Å². The zero-order valence-corrected chi connectivity index (χ0v) is 15.2. The summed E-state index contributed by atoms with van der Waals surface area (Å²) < 4.78 is 6.07. The van der Waals surface area contributed by atoms with Crippen LogP contribution in [0.4, 0.5) is 11.4 Å². The lowest BCUT2D eigenvalue weighted by Crippen LogP contribution is -2.45. The second kappa shape index (κ2) is 6.01. The number of hydrogen-bond donors (Lipinski definition) is 0. The van der Waals surface area contributed by atoms with Crippen LogP contribution in [0.1, 0.15) is 29.4 Å². The van der Waals surface area contributed by atoms with Crippen LogP contribution < -0.4 is 4.90 Å². The van der Waals surface area contributed by atoms with Gasteiger partial charge in [-0.1, -0.05) is 35.9 Å². The Morgan fingerprint density at radius 3 is 2.72 bits per heavy atom. The summed E-state index contributed by atoms with van der Waals surface area (Å²) in [6, 6.07) is 15.3. The van der Waals surface area contributed by atoms with Crippen LogP contribution in [0.25, 0.3) is 0 Å². The second-order valence-corrected chi connectivity index (χ2v) is 8.01. The summed E-state index contributed by atoms with van der Waals surface area (Å²) in [6.07, 6.45) is 1.47. The summed E-state index contributed by atoms with van der Waals surface area (Å²) >= 11 is 6.38. The highest BCUT2D eigenvalue weighted by atomic mass is 35.5. The Bertz CT molecular complexity index is 808. The summed E-state index contributed by atoms with van der Waals surface area (Å²) in [7, 11) is 2.17. The molecule has 0 N–H and O–H groups in total. The van der Waals surface area contributed by atoms with Crippen molar-refractivity contribution < 1.29 is 4.74 Å². The SMILES string of the molecule is CN1CCOC(CN2c3ccccc3C3CC3c3ccc(Cl)cc32)C1. The Balaban J connectivity index is 1.59. The number of para-hydroxylation sites is 1. The van der Waals surface area contributed by atoms with Crippen molar-refractivity contribution >= 4 is 23.0 Å². The lowest BCUT2D eigenvalue weighted by atomic mass is 10.0. The van der Waals surface area contributed by atoms with E-state index in [1.807, 2.05) is 6.07 Å². The number of fused-ring (bicyclic) bond motifs is 5. The molecule has 0 amide bonds. The average molecular weight is 355 g/mol. The fourth-order valence-corrected chi connectivity index (χ4v) is 4.67. The molecule has 4 heteroatoms. The van der Waals surface area contributed by atoms with E-state index in [0.29, 0.717) is 11.8 Å². The predicted octanol–water partition coefficient (Wildman–Crippen LogP) is 4.39. The van der Waals surface area contributed by atoms with Crippen LogP contribution in [0.5, 0.6) is 0 Å². The monoisotopic (exact) mass is 354 g/mol. The summed E-state index contributed by atoms with van der Waals surface area (Å²) in [6.45, 7) is 3.67. The largest absolute Gasteiger partial charge is 0.374 e. The molecule has 2 heterocycles. The minimum atomic E-state index is 0.216. The Morgan fingerprint density at radius 2 is 1.88 bits per heavy atom. The van der Waals surface area contributed by atoms with Gasteiger partial charge in [0.05, 0.1) is 19.3 Å². The van der Waals surface area contributed by atoms with Gasteiger partial charge in [0.1, 0.15) is 0 Å². The number of halogens is 1. The zero-order valence-electron chi connectivity index (χ0n) is 14.5. The lowest BCUT2D eigenvalue weighted by Gasteiger charge is -2.36. The molecule has 5 rings (SSSR count). The van der Waals surface area contributed by atoms with Crippen LogP contribution in [-0.4, -0.2) is 44.3 Å². The molecule has 3 unspecified atom stereocenters. The molecule has 2 aromatic carbocycles. The van der Waals surface area contributed by atoms with Gasteiger partial charge < -0.3 is 14.5 Å². The molecular formula is C21H23ClN2O. The molecule has 1 saturated heterocycles. The molecule has 130 valence electrons. The standard InChI is InChI=1S/C21H23ClN2O/c1-23-8-9-25-15(12-23)13-24-20-5-3-2-4-16(20)18-11-19(18)17-7-6-14(22)10-21(17)24/h2-7,10,15,18-19H,8-9,11-13H2,1H3. The molecule has 3 aliphatic rings. The number of likely N-dealkylation sites (N-methyl/N-ethyl adjacent to an activating group) is 1. The van der Waals surface area contributed by atoms with E-state index < -0.39 is 0 Å².